The molecule has 0 aliphatic carbocycles. The number of likely N-dealkylation sites (N-methyl/N-ethyl adjacent to an activating group) is 1. The normalized spacial score (nSPS) is 13.5. The number of hydrogen-bond donors (Lipinski definition) is 4. The summed E-state index contributed by atoms with van der Waals surface area (Å²) in [7, 11) is 6.17. The number of phenols is 3. The largest absolute Gasteiger partial charge is 0.507 e. The summed E-state index contributed by atoms with van der Waals surface area (Å²) in [5, 5.41) is 35.1. The van der Waals surface area contributed by atoms with Gasteiger partial charge in [-0.25, -0.2) is 0 Å². The zero-order valence-electron chi connectivity index (χ0n) is 30.9. The number of benzene rings is 3. The standard InChI is InChI=1S/C39H57N7O3/c1-28(2)44(7)34-13-10-31(37(47)22-34)25-41-18-16-40-17-19-42-26-33-12-15-36(24-39(33)49)46(9,30(5)6)21-20-43-27-32-11-14-35(23-38(32)48)45(8)29(3)4/h10-15,22-30,40H,16-21H2,1-9H3,(H2-,41,42,43,47,48,49)/p+1. The maximum atomic E-state index is 10.8. The summed E-state index contributed by atoms with van der Waals surface area (Å²) in [6.07, 6.45) is 5.15. The van der Waals surface area contributed by atoms with Crippen LogP contribution in [0.5, 0.6) is 17.2 Å². The molecule has 0 saturated carbocycles. The number of quaternary nitrogens is 1. The smallest absolute Gasteiger partial charge is 0.136 e. The first-order valence-electron chi connectivity index (χ1n) is 17.2. The highest BCUT2D eigenvalue weighted by atomic mass is 16.3. The Bertz CT molecular complexity index is 1580. The lowest BCUT2D eigenvalue weighted by Crippen LogP contribution is -2.52. The number of nitrogens with one attached hydrogen (secondary N) is 1. The van der Waals surface area contributed by atoms with E-state index in [-0.39, 0.29) is 23.3 Å². The van der Waals surface area contributed by atoms with Crippen molar-refractivity contribution in [2.24, 2.45) is 15.0 Å². The second-order valence-electron chi connectivity index (χ2n) is 13.6. The summed E-state index contributed by atoms with van der Waals surface area (Å²) >= 11 is 0. The Labute approximate surface area is 293 Å². The first-order chi connectivity index (χ1) is 23.2. The topological polar surface area (TPSA) is 116 Å². The monoisotopic (exact) mass is 672 g/mol. The van der Waals surface area contributed by atoms with Crippen LogP contribution >= 0.6 is 0 Å². The number of aromatic hydroxyl groups is 3. The second kappa shape index (κ2) is 18.4. The lowest BCUT2D eigenvalue weighted by Gasteiger charge is -2.37. The number of nitrogens with zero attached hydrogens (tertiary/aromatic N) is 6. The molecule has 4 N–H and O–H groups in total. The first-order valence-corrected chi connectivity index (χ1v) is 17.2. The van der Waals surface area contributed by atoms with E-state index in [9.17, 15) is 15.3 Å². The molecule has 0 amide bonds. The van der Waals surface area contributed by atoms with Crippen molar-refractivity contribution < 1.29 is 15.3 Å². The molecule has 0 spiro atoms. The van der Waals surface area contributed by atoms with Gasteiger partial charge in [-0.3, -0.25) is 19.5 Å². The molecule has 266 valence electrons. The highest BCUT2D eigenvalue weighted by Crippen LogP contribution is 2.30. The van der Waals surface area contributed by atoms with Gasteiger partial charge >= 0.3 is 0 Å². The number of phenolic OH excluding ortho intramolecular Hbond substituents is 3. The molecule has 0 aliphatic heterocycles. The van der Waals surface area contributed by atoms with E-state index < -0.39 is 0 Å². The molecule has 3 aromatic carbocycles. The third kappa shape index (κ3) is 11.1. The van der Waals surface area contributed by atoms with Crippen molar-refractivity contribution in [3.8, 4) is 17.2 Å². The van der Waals surface area contributed by atoms with Crippen molar-refractivity contribution in [3.05, 3.63) is 71.3 Å². The molecular weight excluding hydrogens is 614 g/mol. The molecule has 0 radical (unpaired) electrons. The third-order valence-electron chi connectivity index (χ3n) is 9.36. The minimum absolute atomic E-state index is 0.195. The maximum Gasteiger partial charge on any atom is 0.136 e. The van der Waals surface area contributed by atoms with Crippen LogP contribution in [0.15, 0.2) is 69.6 Å². The molecule has 1 unspecified atom stereocenters. The lowest BCUT2D eigenvalue weighted by molar-refractivity contribution is 0.278. The fraction of sp³-hybridized carbons (Fsp3) is 0.462. The lowest BCUT2D eigenvalue weighted by atomic mass is 10.1. The molecule has 3 aromatic rings. The van der Waals surface area contributed by atoms with Gasteiger partial charge in [-0.05, 0) is 71.9 Å². The molecule has 0 fully saturated rings. The quantitative estimate of drug-likeness (QED) is 0.0739. The summed E-state index contributed by atoms with van der Waals surface area (Å²) in [4.78, 5) is 17.8. The second-order valence-corrected chi connectivity index (χ2v) is 13.6. The minimum atomic E-state index is 0.195. The van der Waals surface area contributed by atoms with E-state index in [1.54, 1.807) is 30.8 Å². The van der Waals surface area contributed by atoms with Crippen molar-refractivity contribution in [2.45, 2.75) is 59.7 Å². The average Bonchev–Trinajstić information content (AvgIpc) is 3.06. The van der Waals surface area contributed by atoms with Crippen LogP contribution in [0.1, 0.15) is 58.2 Å². The van der Waals surface area contributed by atoms with E-state index in [4.69, 9.17) is 0 Å². The molecule has 0 aromatic heterocycles. The van der Waals surface area contributed by atoms with Gasteiger partial charge in [0.2, 0.25) is 0 Å². The maximum absolute atomic E-state index is 10.8. The Morgan fingerprint density at radius 2 is 1.04 bits per heavy atom. The summed E-state index contributed by atoms with van der Waals surface area (Å²) in [6.45, 7) is 16.6. The fourth-order valence-corrected chi connectivity index (χ4v) is 5.13. The van der Waals surface area contributed by atoms with Gasteiger partial charge in [0.1, 0.15) is 29.5 Å². The van der Waals surface area contributed by atoms with Gasteiger partial charge in [0.05, 0.1) is 32.7 Å². The molecule has 10 nitrogen and oxygen atoms in total. The molecule has 49 heavy (non-hydrogen) atoms. The van der Waals surface area contributed by atoms with Crippen LogP contribution < -0.4 is 19.6 Å². The number of anilines is 2. The Kier molecular flexibility index (Phi) is 14.6. The molecular formula is C39H58N7O3+. The van der Waals surface area contributed by atoms with Crippen LogP contribution in [0.4, 0.5) is 17.1 Å². The van der Waals surface area contributed by atoms with Gasteiger partial charge < -0.3 is 30.4 Å². The molecule has 3 rings (SSSR count). The number of aliphatic imine (C=N–C) groups is 3. The SMILES string of the molecule is CC(C)N(C)c1ccc(C=NCCNCCN=Cc2ccc([N+](C)(CCN=Cc3ccc(N(C)C(C)C)cc3O)C(C)C)cc2O)c(O)c1. The number of rotatable bonds is 18. The van der Waals surface area contributed by atoms with Crippen LogP contribution in [0.25, 0.3) is 0 Å². The van der Waals surface area contributed by atoms with Crippen LogP contribution in [-0.4, -0.2) is 113 Å². The van der Waals surface area contributed by atoms with E-state index in [0.29, 0.717) is 66.0 Å². The van der Waals surface area contributed by atoms with Crippen molar-refractivity contribution in [1.82, 2.24) is 9.80 Å². The highest BCUT2D eigenvalue weighted by molar-refractivity contribution is 5.85. The van der Waals surface area contributed by atoms with E-state index >= 15 is 0 Å². The van der Waals surface area contributed by atoms with Gasteiger partial charge in [-0.2, -0.15) is 0 Å². The molecule has 0 heterocycles. The number of hydrogen-bond acceptors (Lipinski definition) is 9. The van der Waals surface area contributed by atoms with Gasteiger partial charge in [-0.1, -0.05) is 0 Å². The predicted octanol–water partition coefficient (Wildman–Crippen LogP) is 6.08. The summed E-state index contributed by atoms with van der Waals surface area (Å²) in [6, 6.07) is 18.0. The average molecular weight is 673 g/mol. The van der Waals surface area contributed by atoms with Crippen molar-refractivity contribution in [3.63, 3.8) is 0 Å². The molecule has 0 aliphatic rings. The zero-order valence-corrected chi connectivity index (χ0v) is 30.9. The first kappa shape index (κ1) is 39.0. The van der Waals surface area contributed by atoms with Gasteiger partial charge in [-0.15, -0.1) is 0 Å². The van der Waals surface area contributed by atoms with E-state index in [1.165, 1.54) is 0 Å². The third-order valence-corrected chi connectivity index (χ3v) is 9.36. The Balaban J connectivity index is 1.47. The summed E-state index contributed by atoms with van der Waals surface area (Å²) in [5.41, 5.74) is 5.00. The van der Waals surface area contributed by atoms with Crippen LogP contribution in [-0.2, 0) is 0 Å². The minimum Gasteiger partial charge on any atom is -0.507 e. The van der Waals surface area contributed by atoms with Crippen LogP contribution in [0, 0.1) is 0 Å². The predicted molar refractivity (Wildman–Crippen MR) is 209 cm³/mol. The van der Waals surface area contributed by atoms with Crippen molar-refractivity contribution >= 4 is 35.7 Å². The molecule has 10 heteroatoms. The van der Waals surface area contributed by atoms with E-state index in [0.717, 1.165) is 23.6 Å². The summed E-state index contributed by atoms with van der Waals surface area (Å²) in [5.74, 6) is 0.631. The Morgan fingerprint density at radius 1 is 0.633 bits per heavy atom. The Hall–Kier alpha value is -4.41. The molecule has 1 atom stereocenters. The van der Waals surface area contributed by atoms with E-state index in [2.05, 4.69) is 78.7 Å². The van der Waals surface area contributed by atoms with Crippen molar-refractivity contribution in [1.29, 1.82) is 0 Å². The molecule has 0 saturated heterocycles. The van der Waals surface area contributed by atoms with Gasteiger partial charge in [0.25, 0.3) is 0 Å². The van der Waals surface area contributed by atoms with Gasteiger partial charge in [0.15, 0.2) is 0 Å². The van der Waals surface area contributed by atoms with E-state index in [1.807, 2.05) is 56.6 Å². The summed E-state index contributed by atoms with van der Waals surface area (Å²) < 4.78 is 0.596. The van der Waals surface area contributed by atoms with Crippen molar-refractivity contribution in [2.75, 3.05) is 70.2 Å². The zero-order chi connectivity index (χ0) is 36.1. The van der Waals surface area contributed by atoms with Gasteiger partial charge in [0, 0.05) is 110 Å². The Morgan fingerprint density at radius 3 is 1.43 bits per heavy atom. The van der Waals surface area contributed by atoms with Crippen LogP contribution in [0.2, 0.25) is 0 Å². The highest BCUT2D eigenvalue weighted by Gasteiger charge is 2.29. The molecule has 0 bridgehead atoms. The van der Waals surface area contributed by atoms with Crippen LogP contribution in [0.3, 0.4) is 0 Å². The fourth-order valence-electron chi connectivity index (χ4n) is 5.13.